The second kappa shape index (κ2) is 16.2. The maximum absolute atomic E-state index is 13.7. The second-order valence-electron chi connectivity index (χ2n) is 13.4. The molecule has 2 amide bonds. The van der Waals surface area contributed by atoms with Gasteiger partial charge in [0, 0.05) is 61.9 Å². The molecule has 0 aromatic heterocycles. The highest BCUT2D eigenvalue weighted by atomic mass is 16.5. The van der Waals surface area contributed by atoms with E-state index in [4.69, 9.17) is 39.4 Å². The summed E-state index contributed by atoms with van der Waals surface area (Å²) < 4.78 is 28.8. The quantitative estimate of drug-likeness (QED) is 0.0611. The number of carbonyl (C=O) groups is 2. The van der Waals surface area contributed by atoms with Crippen LogP contribution in [0.5, 0.6) is 28.7 Å². The number of anilines is 1. The Labute approximate surface area is 320 Å². The fourth-order valence-electron chi connectivity index (χ4n) is 6.82. The van der Waals surface area contributed by atoms with Crippen LogP contribution in [0.1, 0.15) is 46.3 Å². The summed E-state index contributed by atoms with van der Waals surface area (Å²) in [6, 6.07) is 22.1. The Morgan fingerprint density at radius 3 is 2.15 bits per heavy atom. The monoisotopic (exact) mass is 741 g/mol. The van der Waals surface area contributed by atoms with Gasteiger partial charge in [0.2, 0.25) is 6.41 Å². The summed E-state index contributed by atoms with van der Waals surface area (Å²) in [5.74, 6) is 2.67. The van der Waals surface area contributed by atoms with Crippen molar-refractivity contribution in [2.75, 3.05) is 40.3 Å². The van der Waals surface area contributed by atoms with Gasteiger partial charge < -0.3 is 39.2 Å². The van der Waals surface area contributed by atoms with Crippen LogP contribution in [0.2, 0.25) is 0 Å². The number of aliphatic imine (C=N–C) groups is 2. The number of carbonyl (C=O) groups excluding carboxylic acids is 2. The zero-order valence-corrected chi connectivity index (χ0v) is 31.2. The van der Waals surface area contributed by atoms with Crippen LogP contribution in [0, 0.1) is 6.92 Å². The van der Waals surface area contributed by atoms with Crippen LogP contribution in [0.3, 0.4) is 0 Å². The van der Waals surface area contributed by atoms with E-state index >= 15 is 0 Å². The lowest BCUT2D eigenvalue weighted by atomic mass is 10.0. The minimum absolute atomic E-state index is 0.156. The molecule has 2 N–H and O–H groups in total. The molecule has 2 atom stereocenters. The molecule has 4 aromatic rings. The number of nitrogens with two attached hydrogens (primary N) is 1. The highest BCUT2D eigenvalue weighted by molar-refractivity contribution is 6.05. The van der Waals surface area contributed by atoms with Gasteiger partial charge in [-0.2, -0.15) is 0 Å². The van der Waals surface area contributed by atoms with Crippen molar-refractivity contribution in [3.63, 3.8) is 0 Å². The van der Waals surface area contributed by atoms with Crippen molar-refractivity contribution in [1.82, 2.24) is 9.80 Å². The molecule has 0 saturated heterocycles. The summed E-state index contributed by atoms with van der Waals surface area (Å²) >= 11 is 0. The van der Waals surface area contributed by atoms with Crippen molar-refractivity contribution in [3.8, 4) is 28.7 Å². The van der Waals surface area contributed by atoms with Crippen LogP contribution in [0.15, 0.2) is 95.2 Å². The minimum Gasteiger partial charge on any atom is -0.497 e. The van der Waals surface area contributed by atoms with Gasteiger partial charge in [-0.25, -0.2) is 0 Å². The van der Waals surface area contributed by atoms with Gasteiger partial charge in [-0.1, -0.05) is 24.3 Å². The van der Waals surface area contributed by atoms with Gasteiger partial charge in [-0.15, -0.1) is 0 Å². The van der Waals surface area contributed by atoms with Crippen LogP contribution in [0.25, 0.3) is 11.1 Å². The minimum atomic E-state index is -0.228. The van der Waals surface area contributed by atoms with Gasteiger partial charge in [0.25, 0.3) is 5.91 Å². The third kappa shape index (κ3) is 7.89. The number of benzene rings is 4. The number of amides is 2. The zero-order chi connectivity index (χ0) is 38.5. The molecule has 3 aliphatic heterocycles. The maximum Gasteiger partial charge on any atom is 0.260 e. The Balaban J connectivity index is 0.970. The first-order chi connectivity index (χ1) is 26.8. The fourth-order valence-corrected chi connectivity index (χ4v) is 6.82. The first kappa shape index (κ1) is 36.8. The van der Waals surface area contributed by atoms with Crippen molar-refractivity contribution >= 4 is 53.0 Å². The number of rotatable bonds is 14. The van der Waals surface area contributed by atoms with Crippen LogP contribution < -0.4 is 29.4 Å². The smallest absolute Gasteiger partial charge is 0.260 e. The van der Waals surface area contributed by atoms with Gasteiger partial charge in [-0.05, 0) is 71.2 Å². The Bertz CT molecular complexity index is 2190. The van der Waals surface area contributed by atoms with E-state index in [-0.39, 0.29) is 18.0 Å². The number of hydrogen-bond donors (Lipinski definition) is 1. The van der Waals surface area contributed by atoms with E-state index < -0.39 is 0 Å². The first-order valence-electron chi connectivity index (χ1n) is 18.0. The molecule has 3 aliphatic rings. The lowest BCUT2D eigenvalue weighted by Gasteiger charge is -2.19. The van der Waals surface area contributed by atoms with Crippen molar-refractivity contribution in [1.29, 1.82) is 0 Å². The number of aryl methyl sites for hydroxylation is 1. The summed E-state index contributed by atoms with van der Waals surface area (Å²) in [6.45, 7) is 2.61. The highest BCUT2D eigenvalue weighted by Gasteiger charge is 2.33. The van der Waals surface area contributed by atoms with Crippen LogP contribution in [-0.4, -0.2) is 81.2 Å². The summed E-state index contributed by atoms with van der Waals surface area (Å²) in [7, 11) is 4.77. The standard InChI is InChI=1S/C43H43N5O7/c1-27-16-39(52-3)41(20-37(27)45-22-33-17-30(24-47(33)26-49)29-8-12-35(51-2)13-9-29)54-14-5-15-55-42-21-38-36(19-40(42)53-4)43(50)48-25-31(18-34(48)23-46-38)28-6-10-32(44)11-7-28/h6-13,16,19-26,33-34H,5,14-15,17-18,44H2,1-4H3/b45-22-. The van der Waals surface area contributed by atoms with Gasteiger partial charge in [-0.3, -0.25) is 19.6 Å². The summed E-state index contributed by atoms with van der Waals surface area (Å²) in [6.07, 6.45) is 9.99. The molecule has 282 valence electrons. The zero-order valence-electron chi connectivity index (χ0n) is 31.2. The average Bonchev–Trinajstić information content (AvgIpc) is 3.81. The summed E-state index contributed by atoms with van der Waals surface area (Å²) in [4.78, 5) is 38.4. The molecule has 2 unspecified atom stereocenters. The van der Waals surface area contributed by atoms with Crippen LogP contribution >= 0.6 is 0 Å². The van der Waals surface area contributed by atoms with Gasteiger partial charge in [0.1, 0.15) is 5.75 Å². The van der Waals surface area contributed by atoms with Crippen LogP contribution in [-0.2, 0) is 4.79 Å². The molecular formula is C43H43N5O7. The number of hydrogen-bond acceptors (Lipinski definition) is 10. The Hall–Kier alpha value is -6.56. The Morgan fingerprint density at radius 1 is 0.818 bits per heavy atom. The van der Waals surface area contributed by atoms with Crippen molar-refractivity contribution in [2.45, 2.75) is 38.3 Å². The molecule has 0 spiro atoms. The molecule has 0 saturated carbocycles. The fraction of sp³-hybridized carbons (Fsp3) is 0.256. The molecule has 0 bridgehead atoms. The lowest BCUT2D eigenvalue weighted by Crippen LogP contribution is -2.32. The van der Waals surface area contributed by atoms with E-state index in [1.807, 2.05) is 86.2 Å². The summed E-state index contributed by atoms with van der Waals surface area (Å²) in [5, 5.41) is 0. The van der Waals surface area contributed by atoms with E-state index in [1.165, 1.54) is 0 Å². The molecule has 0 fully saturated rings. The highest BCUT2D eigenvalue weighted by Crippen LogP contribution is 2.40. The first-order valence-corrected chi connectivity index (χ1v) is 18.0. The van der Waals surface area contributed by atoms with Crippen molar-refractivity contribution in [2.24, 2.45) is 9.98 Å². The molecule has 3 heterocycles. The molecule has 0 radical (unpaired) electrons. The third-order valence-corrected chi connectivity index (χ3v) is 9.87. The van der Waals surface area contributed by atoms with Crippen molar-refractivity contribution < 1.29 is 33.3 Å². The topological polar surface area (TPSA) is 138 Å². The Kier molecular flexibility index (Phi) is 10.8. The van der Waals surface area contributed by atoms with Gasteiger partial charge in [0.05, 0.1) is 63.6 Å². The normalized spacial score (nSPS) is 17.3. The predicted octanol–water partition coefficient (Wildman–Crippen LogP) is 7.40. The molecule has 12 nitrogen and oxygen atoms in total. The SMILES string of the molecule is COc1ccc(C2=CN(C=O)C(/C=N\c3cc(OCCCOc4cc5c(cc4OC)C(=O)N4C=C(c6ccc(N)cc6)CC4C=N5)c(OC)cc3C)C2)cc1. The van der Waals surface area contributed by atoms with Crippen LogP contribution in [0.4, 0.5) is 17.1 Å². The van der Waals surface area contributed by atoms with E-state index in [0.29, 0.717) is 78.1 Å². The van der Waals surface area contributed by atoms with Gasteiger partial charge in [0.15, 0.2) is 23.0 Å². The van der Waals surface area contributed by atoms with Crippen molar-refractivity contribution in [3.05, 3.63) is 107 Å². The second-order valence-corrected chi connectivity index (χ2v) is 13.4. The molecule has 12 heteroatoms. The lowest BCUT2D eigenvalue weighted by molar-refractivity contribution is -0.116. The third-order valence-electron chi connectivity index (χ3n) is 9.87. The van der Waals surface area contributed by atoms with E-state index in [2.05, 4.69) is 0 Å². The number of nitrogens with zero attached hydrogens (tertiary/aromatic N) is 4. The number of nitrogen functional groups attached to an aromatic ring is 1. The molecule has 55 heavy (non-hydrogen) atoms. The molecule has 7 rings (SSSR count). The molecule has 4 aromatic carbocycles. The van der Waals surface area contributed by atoms with E-state index in [9.17, 15) is 9.59 Å². The maximum atomic E-state index is 13.7. The number of ether oxygens (including phenoxy) is 5. The average molecular weight is 742 g/mol. The van der Waals surface area contributed by atoms with Gasteiger partial charge >= 0.3 is 0 Å². The van der Waals surface area contributed by atoms with E-state index in [0.717, 1.165) is 40.0 Å². The predicted molar refractivity (Wildman–Crippen MR) is 213 cm³/mol. The molecule has 0 aliphatic carbocycles. The summed E-state index contributed by atoms with van der Waals surface area (Å²) in [5.41, 5.74) is 13.2. The largest absolute Gasteiger partial charge is 0.497 e. The number of fused-ring (bicyclic) bond motifs is 2. The van der Waals surface area contributed by atoms with E-state index in [1.54, 1.807) is 49.5 Å². The number of methoxy groups -OCH3 is 3. The Morgan fingerprint density at radius 2 is 1.47 bits per heavy atom. The molecular weight excluding hydrogens is 699 g/mol.